The number of aromatic nitrogens is 3. The highest BCUT2D eigenvalue weighted by Gasteiger charge is 2.19. The van der Waals surface area contributed by atoms with Crippen molar-refractivity contribution in [1.82, 2.24) is 15.0 Å². The molecule has 0 aliphatic carbocycles. The summed E-state index contributed by atoms with van der Waals surface area (Å²) >= 11 is 0. The minimum atomic E-state index is -1.40. The van der Waals surface area contributed by atoms with E-state index in [9.17, 15) is 0 Å². The number of hydrogen-bond acceptors (Lipinski definition) is 3. The molecule has 3 nitrogen and oxygen atoms in total. The van der Waals surface area contributed by atoms with E-state index in [1.165, 1.54) is 43.8 Å². The summed E-state index contributed by atoms with van der Waals surface area (Å²) in [5.74, 6) is 1.86. The van der Waals surface area contributed by atoms with Crippen LogP contribution in [0, 0.1) is 0 Å². The highest BCUT2D eigenvalue weighted by atomic mass is 28.3. The van der Waals surface area contributed by atoms with Gasteiger partial charge < -0.3 is 0 Å². The van der Waals surface area contributed by atoms with E-state index in [1.54, 1.807) is 0 Å². The van der Waals surface area contributed by atoms with Gasteiger partial charge in [-0.05, 0) is 103 Å². The number of rotatable bonds is 11. The topological polar surface area (TPSA) is 38.7 Å². The molecule has 0 atom stereocenters. The molecule has 0 unspecified atom stereocenters. The normalized spacial score (nSPS) is 11.7. The summed E-state index contributed by atoms with van der Waals surface area (Å²) in [5.41, 5.74) is 16.7. The Bertz CT molecular complexity index is 3240. The second kappa shape index (κ2) is 18.6. The molecule has 0 radical (unpaired) electrons. The SMILES string of the molecule is C[Si](C)(C)c1ccc(-c2cccc(-c3cccc(-c4nc(-c5cccc(-c6cccc(-c7ccccc7)c6)c5)nc(-c5cccc(-c6cccc(-c7ccc([Si](C)(C)C)cc7)c6)c5)n4)c3)c2)cc1. The molecular weight excluding hydrogens is 855 g/mol. The lowest BCUT2D eigenvalue weighted by atomic mass is 9.97. The molecule has 0 N–H and O–H groups in total. The second-order valence-corrected chi connectivity index (χ2v) is 30.0. The van der Waals surface area contributed by atoms with Crippen molar-refractivity contribution in [2.45, 2.75) is 39.3 Å². The van der Waals surface area contributed by atoms with Crippen LogP contribution in [-0.4, -0.2) is 31.1 Å². The summed E-state index contributed by atoms with van der Waals surface area (Å²) in [5, 5.41) is 2.93. The molecular formula is C63H55N3Si2. The van der Waals surface area contributed by atoms with Gasteiger partial charge in [0.2, 0.25) is 0 Å². The Labute approximate surface area is 404 Å². The van der Waals surface area contributed by atoms with Gasteiger partial charge in [-0.1, -0.05) is 238 Å². The molecule has 0 aliphatic heterocycles. The Morgan fingerprint density at radius 3 is 0.676 bits per heavy atom. The van der Waals surface area contributed by atoms with Gasteiger partial charge in [-0.25, -0.2) is 15.0 Å². The second-order valence-electron chi connectivity index (χ2n) is 19.8. The molecule has 0 fully saturated rings. The van der Waals surface area contributed by atoms with E-state index in [0.29, 0.717) is 17.5 Å². The Hall–Kier alpha value is -7.58. The average Bonchev–Trinajstić information content (AvgIpc) is 3.38. The average molecular weight is 910 g/mol. The maximum Gasteiger partial charge on any atom is 0.164 e. The summed E-state index contributed by atoms with van der Waals surface area (Å²) in [7, 11) is -2.80. The molecule has 68 heavy (non-hydrogen) atoms. The molecule has 9 aromatic carbocycles. The minimum Gasteiger partial charge on any atom is -0.208 e. The maximum atomic E-state index is 5.27. The van der Waals surface area contributed by atoms with Crippen LogP contribution in [0.5, 0.6) is 0 Å². The van der Waals surface area contributed by atoms with Crippen molar-refractivity contribution in [1.29, 1.82) is 0 Å². The van der Waals surface area contributed by atoms with Crippen LogP contribution < -0.4 is 10.4 Å². The summed E-state index contributed by atoms with van der Waals surface area (Å²) in [6.45, 7) is 14.4. The predicted molar refractivity (Wildman–Crippen MR) is 295 cm³/mol. The lowest BCUT2D eigenvalue weighted by Crippen LogP contribution is -2.37. The van der Waals surface area contributed by atoms with Gasteiger partial charge in [0.15, 0.2) is 17.5 Å². The molecule has 0 amide bonds. The van der Waals surface area contributed by atoms with Crippen LogP contribution in [0.3, 0.4) is 0 Å². The van der Waals surface area contributed by atoms with Crippen LogP contribution in [-0.2, 0) is 0 Å². The predicted octanol–water partition coefficient (Wildman–Crippen LogP) is 16.0. The third-order valence-corrected chi connectivity index (χ3v) is 17.0. The molecule has 10 rings (SSSR count). The number of nitrogens with zero attached hydrogens (tertiary/aromatic N) is 3. The lowest BCUT2D eigenvalue weighted by Gasteiger charge is -2.17. The lowest BCUT2D eigenvalue weighted by molar-refractivity contribution is 1.07. The number of hydrogen-bond donors (Lipinski definition) is 0. The first-order valence-corrected chi connectivity index (χ1v) is 30.6. The van der Waals surface area contributed by atoms with E-state index in [2.05, 4.69) is 264 Å². The van der Waals surface area contributed by atoms with Crippen LogP contribution in [0.2, 0.25) is 39.3 Å². The molecule has 1 aromatic heterocycles. The highest BCUT2D eigenvalue weighted by Crippen LogP contribution is 2.34. The molecule has 1 heterocycles. The van der Waals surface area contributed by atoms with Crippen molar-refractivity contribution < 1.29 is 0 Å². The largest absolute Gasteiger partial charge is 0.208 e. The summed E-state index contributed by atoms with van der Waals surface area (Å²) in [6.07, 6.45) is 0. The molecule has 0 spiro atoms. The molecule has 0 bridgehead atoms. The third-order valence-electron chi connectivity index (χ3n) is 12.9. The van der Waals surface area contributed by atoms with Gasteiger partial charge in [0, 0.05) is 16.7 Å². The van der Waals surface area contributed by atoms with E-state index in [4.69, 9.17) is 15.0 Å². The van der Waals surface area contributed by atoms with Gasteiger partial charge in [0.05, 0.1) is 16.1 Å². The summed E-state index contributed by atoms with van der Waals surface area (Å²) in [6, 6.07) is 80.9. The first-order valence-electron chi connectivity index (χ1n) is 23.6. The molecule has 5 heteroatoms. The van der Waals surface area contributed by atoms with E-state index in [0.717, 1.165) is 50.1 Å². The zero-order valence-electron chi connectivity index (χ0n) is 39.7. The first kappa shape index (κ1) is 44.3. The fourth-order valence-electron chi connectivity index (χ4n) is 8.87. The highest BCUT2D eigenvalue weighted by molar-refractivity contribution is 6.89. The van der Waals surface area contributed by atoms with E-state index >= 15 is 0 Å². The molecule has 10 aromatic rings. The fraction of sp³-hybridized carbons (Fsp3) is 0.0952. The summed E-state index contributed by atoms with van der Waals surface area (Å²) in [4.78, 5) is 15.8. The zero-order valence-corrected chi connectivity index (χ0v) is 41.7. The van der Waals surface area contributed by atoms with Crippen molar-refractivity contribution in [2.75, 3.05) is 0 Å². The Morgan fingerprint density at radius 2 is 0.412 bits per heavy atom. The monoisotopic (exact) mass is 909 g/mol. The van der Waals surface area contributed by atoms with Gasteiger partial charge in [-0.3, -0.25) is 0 Å². The Balaban J connectivity index is 1.05. The molecule has 0 saturated carbocycles. The van der Waals surface area contributed by atoms with Crippen molar-refractivity contribution in [3.05, 3.63) is 224 Å². The van der Waals surface area contributed by atoms with Gasteiger partial charge in [-0.2, -0.15) is 0 Å². The van der Waals surface area contributed by atoms with Crippen LogP contribution in [0.1, 0.15) is 0 Å². The van der Waals surface area contributed by atoms with Crippen LogP contribution in [0.25, 0.3) is 101 Å². The van der Waals surface area contributed by atoms with Crippen LogP contribution >= 0.6 is 0 Å². The first-order chi connectivity index (χ1) is 32.9. The smallest absolute Gasteiger partial charge is 0.164 e. The van der Waals surface area contributed by atoms with Crippen LogP contribution in [0.15, 0.2) is 224 Å². The van der Waals surface area contributed by atoms with Gasteiger partial charge in [0.1, 0.15) is 0 Å². The van der Waals surface area contributed by atoms with Gasteiger partial charge in [-0.15, -0.1) is 0 Å². The quantitative estimate of drug-likeness (QED) is 0.121. The maximum absolute atomic E-state index is 5.27. The Morgan fingerprint density at radius 1 is 0.206 bits per heavy atom. The Kier molecular flexibility index (Phi) is 12.1. The van der Waals surface area contributed by atoms with Crippen molar-refractivity contribution in [2.24, 2.45) is 0 Å². The molecule has 0 aliphatic rings. The molecule has 0 saturated heterocycles. The number of benzene rings is 9. The summed E-state index contributed by atoms with van der Waals surface area (Å²) < 4.78 is 0. The van der Waals surface area contributed by atoms with E-state index in [1.807, 2.05) is 0 Å². The van der Waals surface area contributed by atoms with Gasteiger partial charge >= 0.3 is 0 Å². The van der Waals surface area contributed by atoms with E-state index in [-0.39, 0.29) is 0 Å². The van der Waals surface area contributed by atoms with E-state index < -0.39 is 16.1 Å². The van der Waals surface area contributed by atoms with Crippen molar-refractivity contribution in [3.8, 4) is 101 Å². The van der Waals surface area contributed by atoms with Gasteiger partial charge in [0.25, 0.3) is 0 Å². The zero-order chi connectivity index (χ0) is 46.8. The molecule has 330 valence electrons. The minimum absolute atomic E-state index is 0.620. The third kappa shape index (κ3) is 9.77. The van der Waals surface area contributed by atoms with Crippen molar-refractivity contribution in [3.63, 3.8) is 0 Å². The fourth-order valence-corrected chi connectivity index (χ4v) is 11.2. The van der Waals surface area contributed by atoms with Crippen molar-refractivity contribution >= 4 is 26.5 Å². The van der Waals surface area contributed by atoms with Crippen LogP contribution in [0.4, 0.5) is 0 Å². The standard InChI is InChI=1S/C63H55N3Si2/c1-67(2,3)59-34-30-45(31-35-59)48-19-11-22-51(39-48)54-25-14-28-57(42-54)62-64-61(56-27-13-24-53(41-56)50-21-10-18-47(38-50)44-16-8-7-9-17-44)65-63(66-62)58-29-15-26-55(43-58)52-23-12-20-49(40-52)46-32-36-60(37-33-46)68(4,5)6/h7-43H,1-6H3.